The van der Waals surface area contributed by atoms with Crippen LogP contribution in [-0.4, -0.2) is 4.98 Å². The quantitative estimate of drug-likeness (QED) is 0.673. The first-order valence-corrected chi connectivity index (χ1v) is 4.65. The monoisotopic (exact) mass is 165 g/mol. The predicted molar refractivity (Wildman–Crippen MR) is 47.3 cm³/mol. The molecule has 2 nitrogen and oxygen atoms in total. The fourth-order valence-corrected chi connectivity index (χ4v) is 1.47. The first-order chi connectivity index (χ1) is 5.68. The van der Waals surface area contributed by atoms with Crippen LogP contribution in [-0.2, 0) is 0 Å². The molecule has 0 bridgehead atoms. The lowest BCUT2D eigenvalue weighted by molar-refractivity contribution is 0.439. The normalized spacial score (nSPS) is 17.3. The number of rotatable bonds is 2. The van der Waals surface area contributed by atoms with E-state index < -0.39 is 0 Å². The first-order valence-electron chi connectivity index (χ1n) is 4.65. The average molecular weight is 165 g/mol. The van der Waals surface area contributed by atoms with Crippen molar-refractivity contribution in [3.05, 3.63) is 17.3 Å². The third-order valence-corrected chi connectivity index (χ3v) is 2.30. The van der Waals surface area contributed by atoms with Crippen molar-refractivity contribution in [2.24, 2.45) is 0 Å². The van der Waals surface area contributed by atoms with E-state index in [1.165, 1.54) is 12.8 Å². The standard InChI is InChI=1S/C10H15NO/c1-6(2)9-7(3)11-10(12-9)8-4-5-8/h6,8H,4-5H2,1-3H3. The third-order valence-electron chi connectivity index (χ3n) is 2.30. The molecule has 1 saturated carbocycles. The summed E-state index contributed by atoms with van der Waals surface area (Å²) in [7, 11) is 0. The highest BCUT2D eigenvalue weighted by Gasteiger charge is 2.29. The van der Waals surface area contributed by atoms with E-state index in [2.05, 4.69) is 18.8 Å². The summed E-state index contributed by atoms with van der Waals surface area (Å²) >= 11 is 0. The maximum absolute atomic E-state index is 5.69. The van der Waals surface area contributed by atoms with Crippen molar-refractivity contribution in [2.45, 2.75) is 45.4 Å². The summed E-state index contributed by atoms with van der Waals surface area (Å²) in [6.45, 7) is 6.32. The van der Waals surface area contributed by atoms with Gasteiger partial charge in [-0.15, -0.1) is 0 Å². The van der Waals surface area contributed by atoms with Crippen molar-refractivity contribution in [1.82, 2.24) is 4.98 Å². The zero-order valence-corrected chi connectivity index (χ0v) is 7.92. The minimum Gasteiger partial charge on any atom is -0.445 e. The zero-order chi connectivity index (χ0) is 8.72. The van der Waals surface area contributed by atoms with E-state index in [9.17, 15) is 0 Å². The molecule has 1 heterocycles. The van der Waals surface area contributed by atoms with Gasteiger partial charge in [0, 0.05) is 11.8 Å². The molecular formula is C10H15NO. The van der Waals surface area contributed by atoms with Gasteiger partial charge >= 0.3 is 0 Å². The Hall–Kier alpha value is -0.790. The van der Waals surface area contributed by atoms with Gasteiger partial charge in [0.25, 0.3) is 0 Å². The Morgan fingerprint density at radius 3 is 2.50 bits per heavy atom. The van der Waals surface area contributed by atoms with Gasteiger partial charge in [-0.05, 0) is 19.8 Å². The summed E-state index contributed by atoms with van der Waals surface area (Å²) in [4.78, 5) is 4.43. The van der Waals surface area contributed by atoms with E-state index in [1.54, 1.807) is 0 Å². The summed E-state index contributed by atoms with van der Waals surface area (Å²) in [5.41, 5.74) is 1.08. The molecule has 1 aromatic rings. The van der Waals surface area contributed by atoms with Crippen molar-refractivity contribution >= 4 is 0 Å². The molecule has 1 aromatic heterocycles. The molecule has 0 aliphatic heterocycles. The Labute approximate surface area is 73.0 Å². The predicted octanol–water partition coefficient (Wildman–Crippen LogP) is 2.98. The third kappa shape index (κ3) is 1.26. The second-order valence-corrected chi connectivity index (χ2v) is 3.93. The van der Waals surface area contributed by atoms with Crippen LogP contribution in [0, 0.1) is 6.92 Å². The largest absolute Gasteiger partial charge is 0.445 e. The summed E-state index contributed by atoms with van der Waals surface area (Å²) in [5, 5.41) is 0. The lowest BCUT2D eigenvalue weighted by atomic mass is 10.1. The number of nitrogens with zero attached hydrogens (tertiary/aromatic N) is 1. The Morgan fingerprint density at radius 1 is 1.42 bits per heavy atom. The van der Waals surface area contributed by atoms with Crippen LogP contribution in [0.15, 0.2) is 4.42 Å². The maximum atomic E-state index is 5.69. The van der Waals surface area contributed by atoms with Crippen molar-refractivity contribution in [2.75, 3.05) is 0 Å². The van der Waals surface area contributed by atoms with Crippen LogP contribution in [0.4, 0.5) is 0 Å². The fourth-order valence-electron chi connectivity index (χ4n) is 1.47. The van der Waals surface area contributed by atoms with Gasteiger partial charge in [-0.2, -0.15) is 0 Å². The molecule has 1 aliphatic carbocycles. The highest BCUT2D eigenvalue weighted by Crippen LogP contribution is 2.40. The van der Waals surface area contributed by atoms with Crippen molar-refractivity contribution in [3.8, 4) is 0 Å². The molecule has 12 heavy (non-hydrogen) atoms. The van der Waals surface area contributed by atoms with Gasteiger partial charge in [0.15, 0.2) is 5.89 Å². The average Bonchev–Trinajstić information content (AvgIpc) is 2.75. The van der Waals surface area contributed by atoms with Gasteiger partial charge in [-0.1, -0.05) is 13.8 Å². The highest BCUT2D eigenvalue weighted by molar-refractivity contribution is 5.15. The number of hydrogen-bond acceptors (Lipinski definition) is 2. The van der Waals surface area contributed by atoms with Crippen LogP contribution >= 0.6 is 0 Å². The molecule has 0 spiro atoms. The van der Waals surface area contributed by atoms with Crippen molar-refractivity contribution < 1.29 is 4.42 Å². The van der Waals surface area contributed by atoms with Gasteiger partial charge < -0.3 is 4.42 Å². The van der Waals surface area contributed by atoms with Gasteiger partial charge in [0.05, 0.1) is 5.69 Å². The van der Waals surface area contributed by atoms with Gasteiger partial charge in [-0.3, -0.25) is 0 Å². The molecule has 1 fully saturated rings. The molecule has 2 rings (SSSR count). The van der Waals surface area contributed by atoms with E-state index in [0.29, 0.717) is 11.8 Å². The maximum Gasteiger partial charge on any atom is 0.197 e. The van der Waals surface area contributed by atoms with Crippen LogP contribution in [0.1, 0.15) is 55.9 Å². The van der Waals surface area contributed by atoms with E-state index in [0.717, 1.165) is 17.3 Å². The van der Waals surface area contributed by atoms with Crippen LogP contribution in [0.2, 0.25) is 0 Å². The molecule has 0 unspecified atom stereocenters. The highest BCUT2D eigenvalue weighted by atomic mass is 16.4. The molecule has 0 aromatic carbocycles. The summed E-state index contributed by atoms with van der Waals surface area (Å²) in [6, 6.07) is 0. The summed E-state index contributed by atoms with van der Waals surface area (Å²) in [6.07, 6.45) is 2.52. The van der Waals surface area contributed by atoms with Crippen molar-refractivity contribution in [3.63, 3.8) is 0 Å². The topological polar surface area (TPSA) is 26.0 Å². The summed E-state index contributed by atoms with van der Waals surface area (Å²) < 4.78 is 5.69. The Balaban J connectivity index is 2.30. The number of hydrogen-bond donors (Lipinski definition) is 0. The molecule has 0 amide bonds. The zero-order valence-electron chi connectivity index (χ0n) is 7.92. The molecule has 1 aliphatic rings. The van der Waals surface area contributed by atoms with Gasteiger partial charge in [-0.25, -0.2) is 4.98 Å². The first kappa shape index (κ1) is 7.84. The second kappa shape index (κ2) is 2.61. The molecule has 0 radical (unpaired) electrons. The van der Waals surface area contributed by atoms with E-state index in [-0.39, 0.29) is 0 Å². The lowest BCUT2D eigenvalue weighted by Gasteiger charge is -1.98. The molecule has 66 valence electrons. The smallest absolute Gasteiger partial charge is 0.197 e. The van der Waals surface area contributed by atoms with Gasteiger partial charge in [0.1, 0.15) is 5.76 Å². The van der Waals surface area contributed by atoms with Crippen LogP contribution in [0.3, 0.4) is 0 Å². The Morgan fingerprint density at radius 2 is 2.08 bits per heavy atom. The lowest BCUT2D eigenvalue weighted by Crippen LogP contribution is -1.86. The SMILES string of the molecule is Cc1nc(C2CC2)oc1C(C)C. The minimum absolute atomic E-state index is 0.463. The van der Waals surface area contributed by atoms with Crippen molar-refractivity contribution in [1.29, 1.82) is 0 Å². The number of oxazole rings is 1. The van der Waals surface area contributed by atoms with Crippen LogP contribution < -0.4 is 0 Å². The number of aryl methyl sites for hydroxylation is 1. The minimum atomic E-state index is 0.463. The summed E-state index contributed by atoms with van der Waals surface area (Å²) in [5.74, 6) is 3.13. The van der Waals surface area contributed by atoms with Crippen LogP contribution in [0.5, 0.6) is 0 Å². The molecule has 0 atom stereocenters. The molecule has 2 heteroatoms. The van der Waals surface area contributed by atoms with E-state index >= 15 is 0 Å². The van der Waals surface area contributed by atoms with Crippen LogP contribution in [0.25, 0.3) is 0 Å². The fraction of sp³-hybridized carbons (Fsp3) is 0.700. The van der Waals surface area contributed by atoms with E-state index in [4.69, 9.17) is 4.42 Å². The second-order valence-electron chi connectivity index (χ2n) is 3.93. The Kier molecular flexibility index (Phi) is 1.71. The number of aromatic nitrogens is 1. The molecule has 0 saturated heterocycles. The van der Waals surface area contributed by atoms with Gasteiger partial charge in [0.2, 0.25) is 0 Å². The van der Waals surface area contributed by atoms with E-state index in [1.807, 2.05) is 6.92 Å². The Bertz CT molecular complexity index is 284. The molecular weight excluding hydrogens is 150 g/mol. The molecule has 0 N–H and O–H groups in total.